The van der Waals surface area contributed by atoms with E-state index in [1.54, 1.807) is 5.38 Å². The Kier molecular flexibility index (Phi) is 2.33. The molecule has 0 bridgehead atoms. The van der Waals surface area contributed by atoms with Crippen LogP contribution in [0.5, 0.6) is 0 Å². The lowest BCUT2D eigenvalue weighted by Gasteiger charge is -1.94. The highest BCUT2D eigenvalue weighted by Crippen LogP contribution is 2.28. The first-order valence-electron chi connectivity index (χ1n) is 4.03. The van der Waals surface area contributed by atoms with Crippen molar-refractivity contribution in [3.63, 3.8) is 0 Å². The van der Waals surface area contributed by atoms with Crippen molar-refractivity contribution in [3.05, 3.63) is 47.7 Å². The molecular weight excluding hydrogens is 202 g/mol. The van der Waals surface area contributed by atoms with Gasteiger partial charge in [-0.05, 0) is 35.6 Å². The predicted octanol–water partition coefficient (Wildman–Crippen LogP) is 4.32. The van der Waals surface area contributed by atoms with E-state index in [0.29, 0.717) is 5.56 Å². The van der Waals surface area contributed by atoms with E-state index in [-0.39, 0.29) is 0 Å². The van der Waals surface area contributed by atoms with Crippen molar-refractivity contribution >= 4 is 27.5 Å². The minimum atomic E-state index is -1.67. The van der Waals surface area contributed by atoms with Gasteiger partial charge in [-0.15, -0.1) is 11.3 Å². The molecule has 0 saturated carbocycles. The molecule has 0 nitrogen and oxygen atoms in total. The minimum absolute atomic E-state index is 0.565. The third-order valence-electron chi connectivity index (χ3n) is 1.93. The van der Waals surface area contributed by atoms with Gasteiger partial charge in [0.05, 0.1) is 0 Å². The van der Waals surface area contributed by atoms with Gasteiger partial charge in [-0.3, -0.25) is 0 Å². The maximum atomic E-state index is 12.1. The molecule has 1 aromatic carbocycles. The van der Waals surface area contributed by atoms with Crippen molar-refractivity contribution in [3.8, 4) is 0 Å². The van der Waals surface area contributed by atoms with Crippen LogP contribution >= 0.6 is 11.3 Å². The van der Waals surface area contributed by atoms with Crippen molar-refractivity contribution in [2.24, 2.45) is 0 Å². The van der Waals surface area contributed by atoms with Crippen LogP contribution in [0.1, 0.15) is 11.1 Å². The first-order chi connectivity index (χ1) is 6.66. The number of benzene rings is 1. The van der Waals surface area contributed by atoms with Crippen molar-refractivity contribution < 1.29 is 8.78 Å². The summed E-state index contributed by atoms with van der Waals surface area (Å²) in [5.41, 5.74) is 1.40. The summed E-state index contributed by atoms with van der Waals surface area (Å²) in [5.74, 6) is 0. The molecule has 0 aliphatic rings. The largest absolute Gasteiger partial charge is 0.270 e. The Balaban J connectivity index is 2.67. The van der Waals surface area contributed by atoms with Crippen LogP contribution in [0.2, 0.25) is 0 Å². The highest BCUT2D eigenvalue weighted by Gasteiger charge is 2.03. The lowest BCUT2D eigenvalue weighted by molar-refractivity contribution is 0.429. The molecule has 1 aromatic heterocycles. The first-order valence-corrected chi connectivity index (χ1v) is 4.91. The molecular formula is C11H7F2S. The second-order valence-corrected chi connectivity index (χ2v) is 3.87. The topological polar surface area (TPSA) is 0 Å². The molecule has 2 aromatic rings. The van der Waals surface area contributed by atoms with Gasteiger partial charge in [0, 0.05) is 16.2 Å². The van der Waals surface area contributed by atoms with Crippen molar-refractivity contribution in [2.45, 2.75) is 0 Å². The van der Waals surface area contributed by atoms with Gasteiger partial charge in [0.25, 0.3) is 6.08 Å². The van der Waals surface area contributed by atoms with Crippen LogP contribution in [-0.2, 0) is 0 Å². The molecule has 14 heavy (non-hydrogen) atoms. The van der Waals surface area contributed by atoms with Crippen LogP contribution in [0.4, 0.5) is 8.78 Å². The van der Waals surface area contributed by atoms with E-state index >= 15 is 0 Å². The summed E-state index contributed by atoms with van der Waals surface area (Å²) >= 11 is 1.46. The van der Waals surface area contributed by atoms with Crippen molar-refractivity contribution in [1.82, 2.24) is 0 Å². The molecule has 0 N–H and O–H groups in total. The number of hydrogen-bond donors (Lipinski definition) is 0. The third-order valence-corrected chi connectivity index (χ3v) is 2.91. The number of thiophene rings is 1. The van der Waals surface area contributed by atoms with Crippen molar-refractivity contribution in [2.75, 3.05) is 0 Å². The fourth-order valence-electron chi connectivity index (χ4n) is 1.33. The SMILES string of the molecule is [CH2]c1ccc2scc(C=C(F)F)c2c1. The molecule has 3 heteroatoms. The summed E-state index contributed by atoms with van der Waals surface area (Å²) in [5, 5.41) is 2.57. The first kappa shape index (κ1) is 9.34. The van der Waals surface area contributed by atoms with E-state index < -0.39 is 6.08 Å². The van der Waals surface area contributed by atoms with Gasteiger partial charge in [0.2, 0.25) is 0 Å². The average molecular weight is 209 g/mol. The lowest BCUT2D eigenvalue weighted by atomic mass is 10.1. The van der Waals surface area contributed by atoms with E-state index in [1.807, 2.05) is 18.2 Å². The van der Waals surface area contributed by atoms with Crippen LogP contribution in [0, 0.1) is 6.92 Å². The van der Waals surface area contributed by atoms with Gasteiger partial charge in [-0.1, -0.05) is 6.07 Å². The quantitative estimate of drug-likeness (QED) is 0.656. The number of fused-ring (bicyclic) bond motifs is 1. The van der Waals surface area contributed by atoms with E-state index in [2.05, 4.69) is 6.92 Å². The molecule has 0 aliphatic heterocycles. The Morgan fingerprint density at radius 2 is 2.14 bits per heavy atom. The Labute approximate surface area is 84.5 Å². The summed E-state index contributed by atoms with van der Waals surface area (Å²) in [6.45, 7) is 3.77. The molecule has 1 heterocycles. The van der Waals surface area contributed by atoms with Gasteiger partial charge >= 0.3 is 0 Å². The highest BCUT2D eigenvalue weighted by molar-refractivity contribution is 7.17. The maximum absolute atomic E-state index is 12.1. The minimum Gasteiger partial charge on any atom is -0.173 e. The zero-order valence-corrected chi connectivity index (χ0v) is 8.07. The van der Waals surface area contributed by atoms with E-state index in [4.69, 9.17) is 0 Å². The van der Waals surface area contributed by atoms with Gasteiger partial charge in [-0.2, -0.15) is 8.78 Å². The summed E-state index contributed by atoms with van der Waals surface area (Å²) in [6.07, 6.45) is -0.780. The number of halogens is 2. The zero-order valence-electron chi connectivity index (χ0n) is 7.26. The van der Waals surface area contributed by atoms with E-state index in [0.717, 1.165) is 21.7 Å². The molecule has 0 saturated heterocycles. The van der Waals surface area contributed by atoms with Gasteiger partial charge in [0.1, 0.15) is 0 Å². The summed E-state index contributed by atoms with van der Waals surface area (Å²) in [7, 11) is 0. The molecule has 0 aliphatic carbocycles. The molecule has 0 spiro atoms. The summed E-state index contributed by atoms with van der Waals surface area (Å²) in [4.78, 5) is 0. The lowest BCUT2D eigenvalue weighted by Crippen LogP contribution is -1.72. The fourth-order valence-corrected chi connectivity index (χ4v) is 2.22. The normalized spacial score (nSPS) is 10.5. The molecule has 2 rings (SSSR count). The summed E-state index contributed by atoms with van der Waals surface area (Å²) < 4.78 is 25.2. The molecule has 0 atom stereocenters. The third kappa shape index (κ3) is 1.68. The Hall–Kier alpha value is -1.22. The maximum Gasteiger partial charge on any atom is 0.270 e. The molecule has 0 amide bonds. The molecule has 71 valence electrons. The summed E-state index contributed by atoms with van der Waals surface area (Å²) in [6, 6.07) is 5.59. The van der Waals surface area contributed by atoms with Gasteiger partial charge in [0.15, 0.2) is 0 Å². The number of rotatable bonds is 1. The Morgan fingerprint density at radius 1 is 1.36 bits per heavy atom. The van der Waals surface area contributed by atoms with Crippen molar-refractivity contribution in [1.29, 1.82) is 0 Å². The van der Waals surface area contributed by atoms with E-state index in [1.165, 1.54) is 11.3 Å². The highest BCUT2D eigenvalue weighted by atomic mass is 32.1. The number of hydrogen-bond acceptors (Lipinski definition) is 1. The molecule has 0 fully saturated rings. The standard InChI is InChI=1S/C11H7F2S/c1-7-2-3-10-9(4-7)8(6-14-10)5-11(12)13/h2-6H,1H2. The smallest absolute Gasteiger partial charge is 0.173 e. The Bertz CT molecular complexity index is 493. The van der Waals surface area contributed by atoms with Crippen LogP contribution in [0.15, 0.2) is 29.7 Å². The molecule has 1 radical (unpaired) electrons. The Morgan fingerprint density at radius 3 is 2.86 bits per heavy atom. The predicted molar refractivity (Wildman–Crippen MR) is 56.5 cm³/mol. The van der Waals surface area contributed by atoms with Gasteiger partial charge in [-0.25, -0.2) is 0 Å². The van der Waals surface area contributed by atoms with Gasteiger partial charge < -0.3 is 0 Å². The average Bonchev–Trinajstić information content (AvgIpc) is 2.47. The van der Waals surface area contributed by atoms with Crippen LogP contribution in [0.25, 0.3) is 16.2 Å². The second-order valence-electron chi connectivity index (χ2n) is 2.96. The molecule has 0 unspecified atom stereocenters. The fraction of sp³-hybridized carbons (Fsp3) is 0. The second kappa shape index (κ2) is 3.50. The van der Waals surface area contributed by atoms with Crippen LogP contribution in [-0.4, -0.2) is 0 Å². The van der Waals surface area contributed by atoms with Crippen LogP contribution < -0.4 is 0 Å². The van der Waals surface area contributed by atoms with E-state index in [9.17, 15) is 8.78 Å². The monoisotopic (exact) mass is 209 g/mol. The zero-order chi connectivity index (χ0) is 10.1. The van der Waals surface area contributed by atoms with Crippen LogP contribution in [0.3, 0.4) is 0 Å².